The SMILES string of the molecule is CC1CC2CC1C1(CCOC1=O)C2. The number of carbonyl (C=O) groups is 1. The van der Waals surface area contributed by atoms with E-state index in [9.17, 15) is 4.79 Å². The van der Waals surface area contributed by atoms with E-state index in [4.69, 9.17) is 4.74 Å². The van der Waals surface area contributed by atoms with Gasteiger partial charge in [-0.15, -0.1) is 0 Å². The fourth-order valence-electron chi connectivity index (χ4n) is 4.07. The lowest BCUT2D eigenvalue weighted by Gasteiger charge is -2.33. The van der Waals surface area contributed by atoms with Crippen molar-refractivity contribution in [3.05, 3.63) is 0 Å². The van der Waals surface area contributed by atoms with Gasteiger partial charge in [0.15, 0.2) is 0 Å². The number of esters is 1. The predicted molar refractivity (Wildman–Crippen MR) is 48.0 cm³/mol. The number of cyclic esters (lactones) is 1. The largest absolute Gasteiger partial charge is 0.465 e. The zero-order chi connectivity index (χ0) is 9.05. The summed E-state index contributed by atoms with van der Waals surface area (Å²) < 4.78 is 5.15. The van der Waals surface area contributed by atoms with Crippen molar-refractivity contribution in [1.29, 1.82) is 0 Å². The standard InChI is InChI=1S/C11H16O2/c1-7-4-8-5-9(7)11(6-8)2-3-13-10(11)12/h7-9H,2-6H2,1H3. The van der Waals surface area contributed by atoms with E-state index in [0.29, 0.717) is 12.5 Å². The molecule has 4 atom stereocenters. The second-order valence-corrected chi connectivity index (χ2v) is 5.17. The average molecular weight is 180 g/mol. The van der Waals surface area contributed by atoms with Crippen molar-refractivity contribution in [3.8, 4) is 0 Å². The monoisotopic (exact) mass is 180 g/mol. The molecule has 0 aromatic rings. The maximum atomic E-state index is 11.7. The van der Waals surface area contributed by atoms with E-state index in [-0.39, 0.29) is 11.4 Å². The third-order valence-corrected chi connectivity index (χ3v) is 4.53. The lowest BCUT2D eigenvalue weighted by molar-refractivity contribution is -0.149. The zero-order valence-electron chi connectivity index (χ0n) is 8.08. The van der Waals surface area contributed by atoms with Crippen molar-refractivity contribution in [2.75, 3.05) is 6.61 Å². The van der Waals surface area contributed by atoms with Crippen LogP contribution in [0.5, 0.6) is 0 Å². The third kappa shape index (κ3) is 0.818. The van der Waals surface area contributed by atoms with Crippen LogP contribution >= 0.6 is 0 Å². The number of carbonyl (C=O) groups excluding carboxylic acids is 1. The molecule has 13 heavy (non-hydrogen) atoms. The van der Waals surface area contributed by atoms with Crippen molar-refractivity contribution >= 4 is 5.97 Å². The highest BCUT2D eigenvalue weighted by Gasteiger charge is 2.60. The van der Waals surface area contributed by atoms with E-state index in [1.807, 2.05) is 0 Å². The first-order valence-electron chi connectivity index (χ1n) is 5.39. The van der Waals surface area contributed by atoms with Crippen LogP contribution in [0.4, 0.5) is 0 Å². The molecule has 2 aliphatic carbocycles. The molecule has 2 nitrogen and oxygen atoms in total. The second-order valence-electron chi connectivity index (χ2n) is 5.17. The highest BCUT2D eigenvalue weighted by atomic mass is 16.5. The minimum atomic E-state index is -0.0255. The van der Waals surface area contributed by atoms with Crippen molar-refractivity contribution in [2.24, 2.45) is 23.2 Å². The van der Waals surface area contributed by atoms with Gasteiger partial charge in [0, 0.05) is 0 Å². The lowest BCUT2D eigenvalue weighted by atomic mass is 9.68. The van der Waals surface area contributed by atoms with Gasteiger partial charge in [-0.2, -0.15) is 0 Å². The molecule has 2 bridgehead atoms. The lowest BCUT2D eigenvalue weighted by Crippen LogP contribution is -2.36. The molecule has 0 aromatic carbocycles. The van der Waals surface area contributed by atoms with Crippen LogP contribution in [0.3, 0.4) is 0 Å². The van der Waals surface area contributed by atoms with Crippen molar-refractivity contribution in [2.45, 2.75) is 32.6 Å². The van der Waals surface area contributed by atoms with Gasteiger partial charge in [-0.3, -0.25) is 4.79 Å². The van der Waals surface area contributed by atoms with Gasteiger partial charge >= 0.3 is 5.97 Å². The summed E-state index contributed by atoms with van der Waals surface area (Å²) in [6, 6.07) is 0. The maximum Gasteiger partial charge on any atom is 0.312 e. The number of ether oxygens (including phenoxy) is 1. The predicted octanol–water partition coefficient (Wildman–Crippen LogP) is 1.99. The maximum absolute atomic E-state index is 11.7. The van der Waals surface area contributed by atoms with Crippen LogP contribution in [0.2, 0.25) is 0 Å². The van der Waals surface area contributed by atoms with Gasteiger partial charge in [0.2, 0.25) is 0 Å². The first-order chi connectivity index (χ1) is 6.22. The number of rotatable bonds is 0. The van der Waals surface area contributed by atoms with E-state index < -0.39 is 0 Å². The van der Waals surface area contributed by atoms with Crippen molar-refractivity contribution in [3.63, 3.8) is 0 Å². The first kappa shape index (κ1) is 7.84. The molecule has 1 heterocycles. The minimum Gasteiger partial charge on any atom is -0.465 e. The van der Waals surface area contributed by atoms with Crippen LogP contribution in [-0.4, -0.2) is 12.6 Å². The summed E-state index contributed by atoms with van der Waals surface area (Å²) in [6.45, 7) is 2.98. The van der Waals surface area contributed by atoms with Gasteiger partial charge in [0.1, 0.15) is 0 Å². The van der Waals surface area contributed by atoms with E-state index >= 15 is 0 Å². The Hall–Kier alpha value is -0.530. The Morgan fingerprint density at radius 2 is 2.31 bits per heavy atom. The quantitative estimate of drug-likeness (QED) is 0.533. The molecule has 3 aliphatic rings. The number of hydrogen-bond donors (Lipinski definition) is 0. The van der Waals surface area contributed by atoms with Crippen LogP contribution in [0.15, 0.2) is 0 Å². The molecule has 1 aliphatic heterocycles. The van der Waals surface area contributed by atoms with Crippen LogP contribution in [0, 0.1) is 23.2 Å². The molecule has 1 saturated heterocycles. The summed E-state index contributed by atoms with van der Waals surface area (Å²) in [5.41, 5.74) is -0.0255. The molecule has 3 rings (SSSR count). The van der Waals surface area contributed by atoms with Crippen LogP contribution in [-0.2, 0) is 9.53 Å². The summed E-state index contributed by atoms with van der Waals surface area (Å²) >= 11 is 0. The second kappa shape index (κ2) is 2.28. The number of hydrogen-bond acceptors (Lipinski definition) is 2. The molecule has 2 heteroatoms. The van der Waals surface area contributed by atoms with Crippen LogP contribution in [0.1, 0.15) is 32.6 Å². The molecule has 2 saturated carbocycles. The van der Waals surface area contributed by atoms with Crippen molar-refractivity contribution in [1.82, 2.24) is 0 Å². The molecule has 0 aromatic heterocycles. The average Bonchev–Trinajstić information content (AvgIpc) is 2.69. The van der Waals surface area contributed by atoms with Gasteiger partial charge in [0.05, 0.1) is 12.0 Å². The van der Waals surface area contributed by atoms with Gasteiger partial charge in [-0.1, -0.05) is 6.92 Å². The third-order valence-electron chi connectivity index (χ3n) is 4.53. The Balaban J connectivity index is 1.97. The normalized spacial score (nSPS) is 53.3. The Labute approximate surface area is 78.6 Å². The fourth-order valence-corrected chi connectivity index (χ4v) is 4.07. The molecule has 0 amide bonds. The summed E-state index contributed by atoms with van der Waals surface area (Å²) in [4.78, 5) is 11.7. The Bertz CT molecular complexity index is 261. The first-order valence-corrected chi connectivity index (χ1v) is 5.39. The molecule has 0 radical (unpaired) electrons. The van der Waals surface area contributed by atoms with E-state index in [1.54, 1.807) is 0 Å². The van der Waals surface area contributed by atoms with E-state index in [2.05, 4.69) is 6.92 Å². The summed E-state index contributed by atoms with van der Waals surface area (Å²) in [6.07, 6.45) is 4.76. The topological polar surface area (TPSA) is 26.3 Å². The minimum absolute atomic E-state index is 0.0255. The van der Waals surface area contributed by atoms with Crippen LogP contribution < -0.4 is 0 Å². The zero-order valence-corrected chi connectivity index (χ0v) is 8.08. The molecular weight excluding hydrogens is 164 g/mol. The highest BCUT2D eigenvalue weighted by molar-refractivity contribution is 5.79. The summed E-state index contributed by atoms with van der Waals surface area (Å²) in [5.74, 6) is 2.34. The summed E-state index contributed by atoms with van der Waals surface area (Å²) in [5, 5.41) is 0. The fraction of sp³-hybridized carbons (Fsp3) is 0.909. The molecule has 0 N–H and O–H groups in total. The molecular formula is C11H16O2. The molecule has 4 unspecified atom stereocenters. The van der Waals surface area contributed by atoms with E-state index in [1.165, 1.54) is 12.8 Å². The Morgan fingerprint density at radius 3 is 2.85 bits per heavy atom. The van der Waals surface area contributed by atoms with Gasteiger partial charge in [0.25, 0.3) is 0 Å². The Morgan fingerprint density at radius 1 is 1.46 bits per heavy atom. The van der Waals surface area contributed by atoms with Crippen molar-refractivity contribution < 1.29 is 9.53 Å². The van der Waals surface area contributed by atoms with E-state index in [0.717, 1.165) is 24.7 Å². The Kier molecular flexibility index (Phi) is 1.38. The number of fused-ring (bicyclic) bond motifs is 3. The van der Waals surface area contributed by atoms with Crippen LogP contribution in [0.25, 0.3) is 0 Å². The molecule has 72 valence electrons. The van der Waals surface area contributed by atoms with Gasteiger partial charge in [-0.25, -0.2) is 0 Å². The smallest absolute Gasteiger partial charge is 0.312 e. The molecule has 3 fully saturated rings. The van der Waals surface area contributed by atoms with Gasteiger partial charge in [-0.05, 0) is 43.4 Å². The summed E-state index contributed by atoms with van der Waals surface area (Å²) in [7, 11) is 0. The van der Waals surface area contributed by atoms with Gasteiger partial charge < -0.3 is 4.74 Å². The molecule has 1 spiro atoms. The highest BCUT2D eigenvalue weighted by Crippen LogP contribution is 2.61.